The van der Waals surface area contributed by atoms with Crippen molar-refractivity contribution >= 4 is 16.5 Å². The predicted molar refractivity (Wildman–Crippen MR) is 62.9 cm³/mol. The van der Waals surface area contributed by atoms with Crippen LogP contribution in [0.1, 0.15) is 23.1 Å². The minimum atomic E-state index is 0.621. The lowest BCUT2D eigenvalue weighted by molar-refractivity contribution is 1.04. The van der Waals surface area contributed by atoms with Crippen LogP contribution in [0.5, 0.6) is 0 Å². The van der Waals surface area contributed by atoms with Crippen LogP contribution < -0.4 is 5.73 Å². The molecule has 0 spiro atoms. The monoisotopic (exact) mass is 219 g/mol. The summed E-state index contributed by atoms with van der Waals surface area (Å²) < 4.78 is 0. The van der Waals surface area contributed by atoms with Crippen molar-refractivity contribution in [3.05, 3.63) is 40.7 Å². The van der Waals surface area contributed by atoms with E-state index in [1.165, 1.54) is 16.9 Å². The lowest BCUT2D eigenvalue weighted by Gasteiger charge is -1.99. The van der Waals surface area contributed by atoms with Gasteiger partial charge >= 0.3 is 0 Å². The van der Waals surface area contributed by atoms with E-state index in [1.54, 1.807) is 0 Å². The highest BCUT2D eigenvalue weighted by atomic mass is 32.1. The highest BCUT2D eigenvalue weighted by molar-refractivity contribution is 7.15. The Morgan fingerprint density at radius 2 is 2.13 bits per heavy atom. The van der Waals surface area contributed by atoms with Crippen molar-refractivity contribution in [3.63, 3.8) is 0 Å². The van der Waals surface area contributed by atoms with Crippen molar-refractivity contribution < 1.29 is 0 Å². The maximum atomic E-state index is 5.56. The Bertz CT molecular complexity index is 433. The van der Waals surface area contributed by atoms with Crippen molar-refractivity contribution in [3.8, 4) is 0 Å². The second kappa shape index (κ2) is 4.40. The second-order valence-electron chi connectivity index (χ2n) is 3.35. The molecule has 0 bridgehead atoms. The molecule has 0 aliphatic carbocycles. The van der Waals surface area contributed by atoms with Gasteiger partial charge in [0.1, 0.15) is 0 Å². The maximum Gasteiger partial charge on any atom is 0.180 e. The fourth-order valence-electron chi connectivity index (χ4n) is 1.35. The minimum absolute atomic E-state index is 0.621. The molecule has 0 radical (unpaired) electrons. The van der Waals surface area contributed by atoms with Crippen LogP contribution in [0.2, 0.25) is 0 Å². The fraction of sp³-hybridized carbons (Fsp3) is 0.273. The molecule has 0 unspecified atom stereocenters. The molecule has 78 valence electrons. The molecule has 0 fully saturated rings. The first-order valence-electron chi connectivity index (χ1n) is 4.92. The Hall–Kier alpha value is -1.42. The molecule has 3 nitrogen and oxygen atoms in total. The van der Waals surface area contributed by atoms with Crippen LogP contribution in [0.25, 0.3) is 0 Å². The number of pyridine rings is 1. The summed E-state index contributed by atoms with van der Waals surface area (Å²) in [4.78, 5) is 9.56. The van der Waals surface area contributed by atoms with E-state index in [0.29, 0.717) is 5.13 Å². The third-order valence-corrected chi connectivity index (χ3v) is 3.05. The fourth-order valence-corrected chi connectivity index (χ4v) is 2.05. The van der Waals surface area contributed by atoms with Gasteiger partial charge in [0.05, 0.1) is 0 Å². The summed E-state index contributed by atoms with van der Waals surface area (Å²) in [6.07, 6.45) is 5.59. The zero-order chi connectivity index (χ0) is 10.7. The number of anilines is 1. The number of nitrogens with two attached hydrogens (primary N) is 1. The van der Waals surface area contributed by atoms with Gasteiger partial charge in [-0.1, -0.05) is 13.0 Å². The minimum Gasteiger partial charge on any atom is -0.375 e. The molecule has 2 heterocycles. The van der Waals surface area contributed by atoms with E-state index in [9.17, 15) is 0 Å². The van der Waals surface area contributed by atoms with Crippen LogP contribution in [-0.2, 0) is 12.8 Å². The summed E-state index contributed by atoms with van der Waals surface area (Å²) in [6, 6.07) is 4.18. The quantitative estimate of drug-likeness (QED) is 0.861. The molecule has 4 heteroatoms. The van der Waals surface area contributed by atoms with Crippen molar-refractivity contribution in [1.82, 2.24) is 9.97 Å². The zero-order valence-electron chi connectivity index (χ0n) is 8.60. The van der Waals surface area contributed by atoms with Gasteiger partial charge in [0.2, 0.25) is 0 Å². The molecule has 2 N–H and O–H groups in total. The summed E-state index contributed by atoms with van der Waals surface area (Å²) in [5, 5.41) is 0.621. The normalized spacial score (nSPS) is 10.5. The zero-order valence-corrected chi connectivity index (χ0v) is 9.42. The Balaban J connectivity index is 2.11. The highest BCUT2D eigenvalue weighted by Crippen LogP contribution is 2.17. The third-order valence-electron chi connectivity index (χ3n) is 2.22. The average Bonchev–Trinajstić information content (AvgIpc) is 2.65. The largest absolute Gasteiger partial charge is 0.375 e. The molecule has 0 aromatic carbocycles. The van der Waals surface area contributed by atoms with Gasteiger partial charge in [0, 0.05) is 29.4 Å². The molecule has 15 heavy (non-hydrogen) atoms. The van der Waals surface area contributed by atoms with E-state index in [-0.39, 0.29) is 0 Å². The summed E-state index contributed by atoms with van der Waals surface area (Å²) >= 11 is 1.52. The first-order valence-corrected chi connectivity index (χ1v) is 5.73. The molecule has 2 aromatic heterocycles. The Morgan fingerprint density at radius 3 is 2.67 bits per heavy atom. The number of nitrogens with zero attached hydrogens (tertiary/aromatic N) is 2. The number of thiazole rings is 1. The highest BCUT2D eigenvalue weighted by Gasteiger charge is 2.01. The molecular formula is C11H13N3S. The van der Waals surface area contributed by atoms with Crippen LogP contribution in [0, 0.1) is 0 Å². The second-order valence-corrected chi connectivity index (χ2v) is 4.50. The van der Waals surface area contributed by atoms with E-state index in [1.807, 2.05) is 12.4 Å². The van der Waals surface area contributed by atoms with Gasteiger partial charge in [-0.15, -0.1) is 11.3 Å². The molecular weight excluding hydrogens is 206 g/mol. The summed E-state index contributed by atoms with van der Waals surface area (Å²) in [7, 11) is 0. The third kappa shape index (κ3) is 2.53. The van der Waals surface area contributed by atoms with Gasteiger partial charge in [0.15, 0.2) is 5.13 Å². The Labute approximate surface area is 93.0 Å². The lowest BCUT2D eigenvalue weighted by Crippen LogP contribution is -1.91. The standard InChI is InChI=1S/C11H13N3S/c1-2-8-3-4-9(13-6-8)5-10-7-14-11(12)15-10/h3-4,6-7H,2,5H2,1H3,(H2,12,14). The van der Waals surface area contributed by atoms with Gasteiger partial charge in [-0.05, 0) is 18.1 Å². The van der Waals surface area contributed by atoms with Crippen LogP contribution in [-0.4, -0.2) is 9.97 Å². The van der Waals surface area contributed by atoms with E-state index < -0.39 is 0 Å². The molecule has 2 rings (SSSR count). The van der Waals surface area contributed by atoms with Gasteiger partial charge in [0.25, 0.3) is 0 Å². The number of rotatable bonds is 3. The van der Waals surface area contributed by atoms with Crippen LogP contribution in [0.4, 0.5) is 5.13 Å². The lowest BCUT2D eigenvalue weighted by atomic mass is 10.2. The van der Waals surface area contributed by atoms with Crippen molar-refractivity contribution in [2.75, 3.05) is 5.73 Å². The first kappa shape index (κ1) is 10.1. The number of hydrogen-bond acceptors (Lipinski definition) is 4. The number of nitrogen functional groups attached to an aromatic ring is 1. The number of aryl methyl sites for hydroxylation is 1. The van der Waals surface area contributed by atoms with Crippen LogP contribution >= 0.6 is 11.3 Å². The van der Waals surface area contributed by atoms with Crippen molar-refractivity contribution in [2.24, 2.45) is 0 Å². The molecule has 0 saturated carbocycles. The molecule has 0 atom stereocenters. The molecule has 0 aliphatic heterocycles. The summed E-state index contributed by atoms with van der Waals surface area (Å²) in [5.41, 5.74) is 7.90. The van der Waals surface area contributed by atoms with Gasteiger partial charge in [-0.3, -0.25) is 4.98 Å². The molecule has 2 aromatic rings. The Morgan fingerprint density at radius 1 is 1.27 bits per heavy atom. The van der Waals surface area contributed by atoms with Crippen molar-refractivity contribution in [2.45, 2.75) is 19.8 Å². The smallest absolute Gasteiger partial charge is 0.180 e. The number of aromatic nitrogens is 2. The van der Waals surface area contributed by atoms with Gasteiger partial charge in [-0.2, -0.15) is 0 Å². The molecule has 0 aliphatic rings. The SMILES string of the molecule is CCc1ccc(Cc2cnc(N)s2)nc1. The van der Waals surface area contributed by atoms with Crippen LogP contribution in [0.15, 0.2) is 24.5 Å². The van der Waals surface area contributed by atoms with Crippen molar-refractivity contribution in [1.29, 1.82) is 0 Å². The Kier molecular flexibility index (Phi) is 2.97. The topological polar surface area (TPSA) is 51.8 Å². The van der Waals surface area contributed by atoms with Crippen LogP contribution in [0.3, 0.4) is 0 Å². The maximum absolute atomic E-state index is 5.56. The van der Waals surface area contributed by atoms with E-state index in [0.717, 1.165) is 23.4 Å². The van der Waals surface area contributed by atoms with Gasteiger partial charge < -0.3 is 5.73 Å². The first-order chi connectivity index (χ1) is 7.28. The van der Waals surface area contributed by atoms with Gasteiger partial charge in [-0.25, -0.2) is 4.98 Å². The predicted octanol–water partition coefficient (Wildman–Crippen LogP) is 2.27. The number of hydrogen-bond donors (Lipinski definition) is 1. The molecule has 0 saturated heterocycles. The summed E-state index contributed by atoms with van der Waals surface area (Å²) in [5.74, 6) is 0. The average molecular weight is 219 g/mol. The molecule has 0 amide bonds. The van der Waals surface area contributed by atoms with E-state index >= 15 is 0 Å². The summed E-state index contributed by atoms with van der Waals surface area (Å²) in [6.45, 7) is 2.13. The van der Waals surface area contributed by atoms with E-state index in [4.69, 9.17) is 5.73 Å². The van der Waals surface area contributed by atoms with E-state index in [2.05, 4.69) is 29.0 Å².